The highest BCUT2D eigenvalue weighted by Gasteiger charge is 2.44. The lowest BCUT2D eigenvalue weighted by Crippen LogP contribution is -2.55. The molecule has 0 radical (unpaired) electrons. The van der Waals surface area contributed by atoms with E-state index in [0.29, 0.717) is 39.1 Å². The smallest absolute Gasteiger partial charge is 0.222 e. The van der Waals surface area contributed by atoms with Crippen LogP contribution in [0.5, 0.6) is 0 Å². The molecule has 3 saturated heterocycles. The third-order valence-electron chi connectivity index (χ3n) is 12.9. The van der Waals surface area contributed by atoms with Crippen LogP contribution in [0.3, 0.4) is 0 Å². The van der Waals surface area contributed by atoms with Crippen LogP contribution in [0.1, 0.15) is 85.5 Å². The highest BCUT2D eigenvalue weighted by Crippen LogP contribution is 2.29. The summed E-state index contributed by atoms with van der Waals surface area (Å²) in [4.78, 5) is 37.7. The highest BCUT2D eigenvalue weighted by molar-refractivity contribution is 5.76. The first-order valence-electron chi connectivity index (χ1n) is 25.2. The van der Waals surface area contributed by atoms with Gasteiger partial charge in [0.15, 0.2) is 18.9 Å². The second kappa shape index (κ2) is 34.3. The second-order valence-electron chi connectivity index (χ2n) is 19.2. The normalized spacial score (nSPS) is 32.0. The minimum Gasteiger partial charge on any atom is -0.394 e. The van der Waals surface area contributed by atoms with Crippen molar-refractivity contribution in [1.82, 2.24) is 16.0 Å². The molecule has 3 fully saturated rings. The highest BCUT2D eigenvalue weighted by atomic mass is 16.7. The lowest BCUT2D eigenvalue weighted by molar-refractivity contribution is -0.282. The van der Waals surface area contributed by atoms with Crippen LogP contribution in [0.15, 0.2) is 0 Å². The molecule has 71 heavy (non-hydrogen) atoms. The lowest BCUT2D eigenvalue weighted by atomic mass is 9.92. The number of aliphatic hydroxyl groups excluding tert-OH is 9. The van der Waals surface area contributed by atoms with Crippen molar-refractivity contribution in [2.75, 3.05) is 98.9 Å². The van der Waals surface area contributed by atoms with Crippen molar-refractivity contribution in [1.29, 1.82) is 0 Å². The summed E-state index contributed by atoms with van der Waals surface area (Å²) in [6, 6.07) is 0. The number of rotatable bonds is 36. The van der Waals surface area contributed by atoms with E-state index in [2.05, 4.69) is 16.0 Å². The molecule has 24 nitrogen and oxygen atoms in total. The summed E-state index contributed by atoms with van der Waals surface area (Å²) in [6.45, 7) is 8.23. The summed E-state index contributed by atoms with van der Waals surface area (Å²) in [5.41, 5.74) is -0.710. The predicted molar refractivity (Wildman–Crippen MR) is 250 cm³/mol. The molecular weight excluding hydrogens is 943 g/mol. The zero-order valence-corrected chi connectivity index (χ0v) is 42.1. The van der Waals surface area contributed by atoms with Gasteiger partial charge in [-0.2, -0.15) is 0 Å². The van der Waals surface area contributed by atoms with Gasteiger partial charge >= 0.3 is 0 Å². The topological polar surface area (TPSA) is 352 Å². The van der Waals surface area contributed by atoms with Crippen LogP contribution in [0, 0.1) is 23.2 Å². The fourth-order valence-corrected chi connectivity index (χ4v) is 8.08. The summed E-state index contributed by atoms with van der Waals surface area (Å²) < 4.78 is 51.6. The van der Waals surface area contributed by atoms with Gasteiger partial charge in [0, 0.05) is 68.7 Å². The van der Waals surface area contributed by atoms with Gasteiger partial charge in [-0.05, 0) is 25.7 Å². The Hall–Kier alpha value is -2.31. The van der Waals surface area contributed by atoms with E-state index >= 15 is 0 Å². The van der Waals surface area contributed by atoms with Crippen LogP contribution in [0.25, 0.3) is 0 Å². The second-order valence-corrected chi connectivity index (χ2v) is 19.2. The maximum atomic E-state index is 12.6. The Morgan fingerprint density at radius 3 is 1.06 bits per heavy atom. The van der Waals surface area contributed by atoms with Gasteiger partial charge in [0.1, 0.15) is 36.6 Å². The fraction of sp³-hybridized carbons (Fsp3) is 0.936. The zero-order valence-electron chi connectivity index (χ0n) is 42.1. The third-order valence-corrected chi connectivity index (χ3v) is 12.9. The fourth-order valence-electron chi connectivity index (χ4n) is 8.08. The van der Waals surface area contributed by atoms with Crippen molar-refractivity contribution in [3.05, 3.63) is 0 Å². The quantitative estimate of drug-likeness (QED) is 0.0282. The Morgan fingerprint density at radius 2 is 0.732 bits per heavy atom. The average Bonchev–Trinajstić information content (AvgIpc) is 3.35. The molecule has 0 aromatic heterocycles. The number of unbranched alkanes of at least 4 members (excludes halogenated alkanes) is 3. The van der Waals surface area contributed by atoms with E-state index < -0.39 is 117 Å². The van der Waals surface area contributed by atoms with E-state index in [-0.39, 0.29) is 89.8 Å². The van der Waals surface area contributed by atoms with Gasteiger partial charge < -0.3 is 105 Å². The molecule has 0 saturated carbocycles. The molecule has 15 atom stereocenters. The molecule has 3 aliphatic rings. The Kier molecular flexibility index (Phi) is 30.4. The Morgan fingerprint density at radius 1 is 0.437 bits per heavy atom. The third kappa shape index (κ3) is 22.2. The number of carbonyl (C=O) groups is 3. The van der Waals surface area contributed by atoms with E-state index in [0.717, 1.165) is 25.7 Å². The summed E-state index contributed by atoms with van der Waals surface area (Å²) >= 11 is 0. The molecule has 0 aromatic carbocycles. The van der Waals surface area contributed by atoms with Crippen LogP contribution in [-0.4, -0.2) is 236 Å². The molecule has 3 heterocycles. The van der Waals surface area contributed by atoms with E-state index in [1.807, 2.05) is 6.92 Å². The van der Waals surface area contributed by atoms with Crippen molar-refractivity contribution in [3.63, 3.8) is 0 Å². The van der Waals surface area contributed by atoms with Crippen molar-refractivity contribution in [2.24, 2.45) is 23.2 Å². The van der Waals surface area contributed by atoms with Crippen molar-refractivity contribution < 1.29 is 103 Å². The predicted octanol–water partition coefficient (Wildman–Crippen LogP) is -2.82. The van der Waals surface area contributed by atoms with E-state index in [1.165, 1.54) is 0 Å². The number of aliphatic hydroxyl groups is 9. The van der Waals surface area contributed by atoms with Crippen molar-refractivity contribution in [2.45, 2.75) is 159 Å². The van der Waals surface area contributed by atoms with Gasteiger partial charge in [-0.1, -0.05) is 40.5 Å². The zero-order chi connectivity index (χ0) is 52.3. The van der Waals surface area contributed by atoms with Crippen LogP contribution in [-0.2, 0) is 57.0 Å². The number of nitrogens with one attached hydrogen (secondary N) is 3. The Bertz CT molecular complexity index is 1400. The molecule has 0 aliphatic carbocycles. The minimum absolute atomic E-state index is 0.0705. The first-order valence-corrected chi connectivity index (χ1v) is 25.2. The van der Waals surface area contributed by atoms with Crippen molar-refractivity contribution >= 4 is 17.7 Å². The maximum absolute atomic E-state index is 12.6. The minimum atomic E-state index is -1.22. The average molecular weight is 1030 g/mol. The number of ether oxygens (including phenoxy) is 9. The summed E-state index contributed by atoms with van der Waals surface area (Å²) in [6.07, 6.45) is -7.78. The summed E-state index contributed by atoms with van der Waals surface area (Å²) in [7, 11) is 0. The number of carbonyl (C=O) groups excluding carboxylic acids is 3. The van der Waals surface area contributed by atoms with Gasteiger partial charge in [0.2, 0.25) is 17.7 Å². The number of hydrogen-bond acceptors (Lipinski definition) is 21. The molecule has 3 rings (SSSR count). The van der Waals surface area contributed by atoms with Crippen LogP contribution < -0.4 is 16.0 Å². The first-order chi connectivity index (χ1) is 34.0. The standard InChI is InChI=1S/C47H87N3O21/c1-29-38(57)41(60)32(23-51)69-44(29)66-17-8-6-5-7-14-48-35(54)11-20-63-26-47(4,27-64-21-12-36(55)49-15-9-18-67-45-30(2)39(58)42(61)33(24-52)70-45)28-65-22-13-37(56)50-16-10-19-68-46-31(3)40(59)43(62)34(25-53)71-46/h29-34,38-46,51-53,57-62H,5-28H2,1-4H3,(H,48,54)(H,49,55)(H,50,56)/t29?,30?,31?,32?,33?,34?,38-,39-,40-,41+,42+,43+,44-,45-,46-,47?/m1/s1. The van der Waals surface area contributed by atoms with Gasteiger partial charge in [0.05, 0.1) is 91.0 Å². The molecule has 6 unspecified atom stereocenters. The van der Waals surface area contributed by atoms with E-state index in [9.17, 15) is 60.3 Å². The van der Waals surface area contributed by atoms with Crippen molar-refractivity contribution in [3.8, 4) is 0 Å². The monoisotopic (exact) mass is 1030 g/mol. The molecule has 3 aliphatic heterocycles. The molecule has 24 heteroatoms. The first kappa shape index (κ1) is 63.0. The van der Waals surface area contributed by atoms with Gasteiger partial charge in [0.25, 0.3) is 0 Å². The molecule has 12 N–H and O–H groups in total. The SMILES string of the molecule is CC1[C@H](OCCCCCCNC(=O)CCOCC(C)(COCCC(=O)NCCCO[C@@H]2OC(CO)[C@H](O)[C@H](O)C2C)COCCC(=O)NCCCO[C@@H]2OC(CO)[C@H](O)[C@H](O)C2C)OC(CO)[C@H](O)[C@@H]1O. The molecule has 0 bridgehead atoms. The Labute approximate surface area is 417 Å². The summed E-state index contributed by atoms with van der Waals surface area (Å²) in [5, 5.41) is 97.4. The van der Waals surface area contributed by atoms with Crippen LogP contribution in [0.2, 0.25) is 0 Å². The number of hydrogen-bond donors (Lipinski definition) is 12. The molecule has 0 aromatic rings. The van der Waals surface area contributed by atoms with E-state index in [4.69, 9.17) is 42.6 Å². The Balaban J connectivity index is 1.33. The molecule has 3 amide bonds. The number of amides is 3. The molecular formula is C47H87N3O21. The van der Waals surface area contributed by atoms with E-state index in [1.54, 1.807) is 20.8 Å². The largest absolute Gasteiger partial charge is 0.394 e. The summed E-state index contributed by atoms with van der Waals surface area (Å²) in [5.74, 6) is -2.16. The lowest BCUT2D eigenvalue weighted by Gasteiger charge is -2.40. The van der Waals surface area contributed by atoms with Gasteiger partial charge in [-0.3, -0.25) is 14.4 Å². The molecule has 416 valence electrons. The maximum Gasteiger partial charge on any atom is 0.222 e. The van der Waals surface area contributed by atoms with Crippen LogP contribution >= 0.6 is 0 Å². The van der Waals surface area contributed by atoms with Gasteiger partial charge in [-0.25, -0.2) is 0 Å². The molecule has 0 spiro atoms. The van der Waals surface area contributed by atoms with Gasteiger partial charge in [-0.15, -0.1) is 0 Å². The van der Waals surface area contributed by atoms with Crippen LogP contribution in [0.4, 0.5) is 0 Å².